The van der Waals surface area contributed by atoms with E-state index in [4.69, 9.17) is 0 Å². The van der Waals surface area contributed by atoms with Crippen molar-refractivity contribution in [3.63, 3.8) is 0 Å². The molecule has 1 atom stereocenters. The summed E-state index contributed by atoms with van der Waals surface area (Å²) in [6.45, 7) is 6.87. The van der Waals surface area contributed by atoms with E-state index in [1.54, 1.807) is 0 Å². The molecule has 2 heterocycles. The van der Waals surface area contributed by atoms with Crippen molar-refractivity contribution in [1.82, 2.24) is 10.6 Å². The lowest BCUT2D eigenvalue weighted by Crippen LogP contribution is -2.47. The van der Waals surface area contributed by atoms with E-state index in [0.717, 1.165) is 24.9 Å². The van der Waals surface area contributed by atoms with Gasteiger partial charge >= 0.3 is 0 Å². The molecule has 4 heteroatoms. The summed E-state index contributed by atoms with van der Waals surface area (Å²) in [5, 5.41) is 8.98. The topological polar surface area (TPSA) is 24.1 Å². The van der Waals surface area contributed by atoms with Gasteiger partial charge in [-0.15, -0.1) is 11.3 Å². The Balaban J connectivity index is 1.65. The van der Waals surface area contributed by atoms with Crippen molar-refractivity contribution in [3.8, 4) is 0 Å². The van der Waals surface area contributed by atoms with Crippen molar-refractivity contribution in [2.75, 3.05) is 19.6 Å². The van der Waals surface area contributed by atoms with Crippen LogP contribution in [-0.2, 0) is 6.54 Å². The number of hydrogen-bond acceptors (Lipinski definition) is 3. The summed E-state index contributed by atoms with van der Waals surface area (Å²) in [6.07, 6.45) is 0. The molecule has 84 valence electrons. The Hall–Kier alpha value is 0.1000. The predicted molar refractivity (Wildman–Crippen MR) is 69.2 cm³/mol. The molecular weight excluding hydrogens is 272 g/mol. The highest BCUT2D eigenvalue weighted by Gasteiger charge is 2.22. The fraction of sp³-hybridized carbons (Fsp3) is 0.636. The summed E-state index contributed by atoms with van der Waals surface area (Å²) in [7, 11) is 0. The molecule has 1 unspecified atom stereocenters. The second kappa shape index (κ2) is 5.43. The fourth-order valence-corrected chi connectivity index (χ4v) is 3.17. The van der Waals surface area contributed by atoms with Crippen LogP contribution in [0.4, 0.5) is 0 Å². The number of halogens is 1. The quantitative estimate of drug-likeness (QED) is 0.870. The maximum absolute atomic E-state index is 3.53. The monoisotopic (exact) mass is 288 g/mol. The molecular formula is C11H17BrN2S. The Bertz CT molecular complexity index is 309. The smallest absolute Gasteiger partial charge is 0.0300 e. The van der Waals surface area contributed by atoms with E-state index in [1.165, 1.54) is 22.4 Å². The third kappa shape index (κ3) is 3.28. The third-order valence-electron chi connectivity index (χ3n) is 3.01. The normalized spacial score (nSPS) is 18.8. The van der Waals surface area contributed by atoms with Gasteiger partial charge in [0, 0.05) is 21.3 Å². The lowest BCUT2D eigenvalue weighted by Gasteiger charge is -2.32. The number of nitrogens with one attached hydrogen (secondary N) is 2. The molecule has 1 aromatic heterocycles. The first-order valence-electron chi connectivity index (χ1n) is 5.40. The lowest BCUT2D eigenvalue weighted by molar-refractivity contribution is 0.242. The van der Waals surface area contributed by atoms with Gasteiger partial charge in [0.05, 0.1) is 0 Å². The van der Waals surface area contributed by atoms with Crippen LogP contribution in [0.15, 0.2) is 15.9 Å². The number of thiophene rings is 1. The van der Waals surface area contributed by atoms with E-state index in [9.17, 15) is 0 Å². The van der Waals surface area contributed by atoms with Gasteiger partial charge in [0.1, 0.15) is 0 Å². The second-order valence-electron chi connectivity index (χ2n) is 4.26. The van der Waals surface area contributed by atoms with Crippen LogP contribution < -0.4 is 10.6 Å². The van der Waals surface area contributed by atoms with Crippen LogP contribution >= 0.6 is 27.3 Å². The van der Waals surface area contributed by atoms with Crippen LogP contribution in [0, 0.1) is 11.8 Å². The molecule has 0 saturated carbocycles. The average Bonchev–Trinajstić information content (AvgIpc) is 2.48. The minimum Gasteiger partial charge on any atom is -0.316 e. The zero-order chi connectivity index (χ0) is 10.7. The predicted octanol–water partition coefficient (Wildman–Crippen LogP) is 2.46. The molecule has 0 aliphatic carbocycles. The van der Waals surface area contributed by atoms with Gasteiger partial charge in [-0.25, -0.2) is 0 Å². The van der Waals surface area contributed by atoms with Crippen LogP contribution in [0.25, 0.3) is 0 Å². The van der Waals surface area contributed by atoms with Gasteiger partial charge in [-0.2, -0.15) is 0 Å². The van der Waals surface area contributed by atoms with E-state index in [1.807, 2.05) is 11.3 Å². The van der Waals surface area contributed by atoms with Crippen LogP contribution in [0.1, 0.15) is 11.8 Å². The molecule has 2 nitrogen and oxygen atoms in total. The zero-order valence-corrected chi connectivity index (χ0v) is 11.3. The fourth-order valence-electron chi connectivity index (χ4n) is 1.75. The molecule has 1 fully saturated rings. The lowest BCUT2D eigenvalue weighted by atomic mass is 9.89. The van der Waals surface area contributed by atoms with Gasteiger partial charge in [0.25, 0.3) is 0 Å². The molecule has 1 aliphatic heterocycles. The van der Waals surface area contributed by atoms with Crippen molar-refractivity contribution in [3.05, 3.63) is 20.8 Å². The molecule has 1 saturated heterocycles. The van der Waals surface area contributed by atoms with Crippen molar-refractivity contribution in [2.45, 2.75) is 13.5 Å². The van der Waals surface area contributed by atoms with E-state index in [-0.39, 0.29) is 0 Å². The molecule has 2 N–H and O–H groups in total. The standard InChI is InChI=1S/C11H17BrN2S/c1-8(9-4-14-5-9)3-13-6-11-2-10(12)7-15-11/h2,7-9,13-14H,3-6H2,1H3. The Labute approximate surface area is 104 Å². The molecule has 15 heavy (non-hydrogen) atoms. The Kier molecular flexibility index (Phi) is 4.20. The number of rotatable bonds is 5. The van der Waals surface area contributed by atoms with E-state index in [0.29, 0.717) is 0 Å². The van der Waals surface area contributed by atoms with Crippen molar-refractivity contribution >= 4 is 27.3 Å². The van der Waals surface area contributed by atoms with Crippen LogP contribution in [0.5, 0.6) is 0 Å². The van der Waals surface area contributed by atoms with Gasteiger partial charge in [-0.1, -0.05) is 6.92 Å². The minimum absolute atomic E-state index is 0.787. The molecule has 2 rings (SSSR count). The molecule has 0 radical (unpaired) electrons. The van der Waals surface area contributed by atoms with Crippen LogP contribution in [-0.4, -0.2) is 19.6 Å². The highest BCUT2D eigenvalue weighted by atomic mass is 79.9. The Morgan fingerprint density at radius 3 is 3.00 bits per heavy atom. The summed E-state index contributed by atoms with van der Waals surface area (Å²) in [4.78, 5) is 1.40. The van der Waals surface area contributed by atoms with Crippen molar-refractivity contribution in [2.24, 2.45) is 11.8 Å². The highest BCUT2D eigenvalue weighted by Crippen LogP contribution is 2.20. The summed E-state index contributed by atoms with van der Waals surface area (Å²) < 4.78 is 1.19. The van der Waals surface area contributed by atoms with E-state index in [2.05, 4.69) is 44.9 Å². The van der Waals surface area contributed by atoms with Crippen molar-refractivity contribution in [1.29, 1.82) is 0 Å². The van der Waals surface area contributed by atoms with Gasteiger partial charge in [0.15, 0.2) is 0 Å². The Morgan fingerprint density at radius 2 is 2.47 bits per heavy atom. The average molecular weight is 289 g/mol. The molecule has 1 aromatic rings. The maximum atomic E-state index is 3.53. The van der Waals surface area contributed by atoms with Gasteiger partial charge < -0.3 is 10.6 Å². The van der Waals surface area contributed by atoms with Gasteiger partial charge in [0.2, 0.25) is 0 Å². The molecule has 0 bridgehead atoms. The Morgan fingerprint density at radius 1 is 1.67 bits per heavy atom. The first kappa shape index (κ1) is 11.6. The van der Waals surface area contributed by atoms with Crippen molar-refractivity contribution < 1.29 is 0 Å². The number of hydrogen-bond donors (Lipinski definition) is 2. The minimum atomic E-state index is 0.787. The summed E-state index contributed by atoms with van der Waals surface area (Å²) >= 11 is 5.28. The first-order chi connectivity index (χ1) is 7.25. The third-order valence-corrected chi connectivity index (χ3v) is 4.70. The van der Waals surface area contributed by atoms with E-state index >= 15 is 0 Å². The van der Waals surface area contributed by atoms with Crippen LogP contribution in [0.2, 0.25) is 0 Å². The van der Waals surface area contributed by atoms with Gasteiger partial charge in [-0.3, -0.25) is 0 Å². The van der Waals surface area contributed by atoms with Crippen LogP contribution in [0.3, 0.4) is 0 Å². The van der Waals surface area contributed by atoms with Gasteiger partial charge in [-0.05, 0) is 53.5 Å². The summed E-state index contributed by atoms with van der Waals surface area (Å²) in [6, 6.07) is 2.19. The molecule has 0 amide bonds. The summed E-state index contributed by atoms with van der Waals surface area (Å²) in [5.74, 6) is 1.67. The maximum Gasteiger partial charge on any atom is 0.0300 e. The first-order valence-corrected chi connectivity index (χ1v) is 7.07. The SMILES string of the molecule is CC(CNCc1cc(Br)cs1)C1CNC1. The van der Waals surface area contributed by atoms with E-state index < -0.39 is 0 Å². The highest BCUT2D eigenvalue weighted by molar-refractivity contribution is 9.10. The molecule has 0 aromatic carbocycles. The largest absolute Gasteiger partial charge is 0.316 e. The zero-order valence-electron chi connectivity index (χ0n) is 8.92. The molecule has 1 aliphatic rings. The summed E-state index contributed by atoms with van der Waals surface area (Å²) in [5.41, 5.74) is 0. The molecule has 0 spiro atoms. The second-order valence-corrected chi connectivity index (χ2v) is 6.17.